The molecule has 2 aromatic rings. The maximum Gasteiger partial charge on any atom is 0.119 e. The van der Waals surface area contributed by atoms with Crippen LogP contribution in [-0.2, 0) is 0 Å². The first-order valence-electron chi connectivity index (χ1n) is 6.38. The van der Waals surface area contributed by atoms with E-state index in [4.69, 9.17) is 4.74 Å². The fourth-order valence-corrected chi connectivity index (χ4v) is 2.47. The van der Waals surface area contributed by atoms with Crippen LogP contribution in [0.2, 0.25) is 0 Å². The Morgan fingerprint density at radius 2 is 2.21 bits per heavy atom. The second-order valence-electron chi connectivity index (χ2n) is 4.71. The third-order valence-electron chi connectivity index (χ3n) is 2.68. The Balaban J connectivity index is 1.96. The van der Waals surface area contributed by atoms with Crippen molar-refractivity contribution in [3.05, 3.63) is 35.5 Å². The van der Waals surface area contributed by atoms with E-state index in [2.05, 4.69) is 42.3 Å². The molecule has 0 atom stereocenters. The van der Waals surface area contributed by atoms with E-state index in [1.54, 1.807) is 11.3 Å². The van der Waals surface area contributed by atoms with E-state index in [0.29, 0.717) is 0 Å². The zero-order chi connectivity index (χ0) is 13.7. The van der Waals surface area contributed by atoms with E-state index in [0.717, 1.165) is 40.8 Å². The van der Waals surface area contributed by atoms with Crippen molar-refractivity contribution in [2.75, 3.05) is 27.2 Å². The molecule has 0 fully saturated rings. The van der Waals surface area contributed by atoms with Crippen molar-refractivity contribution >= 4 is 11.3 Å². The Morgan fingerprint density at radius 1 is 1.37 bits per heavy atom. The van der Waals surface area contributed by atoms with Gasteiger partial charge in [-0.3, -0.25) is 0 Å². The lowest BCUT2D eigenvalue weighted by atomic mass is 10.2. The van der Waals surface area contributed by atoms with Crippen molar-refractivity contribution in [1.29, 1.82) is 0 Å². The summed E-state index contributed by atoms with van der Waals surface area (Å²) in [5.41, 5.74) is 1.12. The highest BCUT2D eigenvalue weighted by Gasteiger charge is 2.04. The predicted octanol–water partition coefficient (Wildman–Crippen LogP) is 3.25. The van der Waals surface area contributed by atoms with Gasteiger partial charge in [-0.1, -0.05) is 12.1 Å². The quantitative estimate of drug-likeness (QED) is 0.757. The zero-order valence-electron chi connectivity index (χ0n) is 11.6. The van der Waals surface area contributed by atoms with Crippen molar-refractivity contribution in [2.45, 2.75) is 13.3 Å². The fraction of sp³-hybridized carbons (Fsp3) is 0.400. The summed E-state index contributed by atoms with van der Waals surface area (Å²) in [7, 11) is 4.14. The number of rotatable bonds is 6. The Kier molecular flexibility index (Phi) is 4.93. The number of ether oxygens (including phenoxy) is 1. The van der Waals surface area contributed by atoms with Crippen LogP contribution in [-0.4, -0.2) is 37.1 Å². The van der Waals surface area contributed by atoms with Gasteiger partial charge in [0.2, 0.25) is 0 Å². The van der Waals surface area contributed by atoms with Gasteiger partial charge in [0.05, 0.1) is 16.5 Å². The lowest BCUT2D eigenvalue weighted by Gasteiger charge is -2.10. The predicted molar refractivity (Wildman–Crippen MR) is 79.8 cm³/mol. The van der Waals surface area contributed by atoms with Gasteiger partial charge in [-0.2, -0.15) is 0 Å². The molecule has 2 rings (SSSR count). The van der Waals surface area contributed by atoms with Crippen LogP contribution in [0.4, 0.5) is 0 Å². The van der Waals surface area contributed by atoms with Crippen LogP contribution >= 0.6 is 11.3 Å². The Bertz CT molecular complexity index is 522. The third-order valence-corrected chi connectivity index (χ3v) is 3.60. The molecule has 3 nitrogen and oxygen atoms in total. The molecule has 1 aromatic heterocycles. The molecule has 0 aliphatic carbocycles. The average molecular weight is 275 g/mol. The minimum absolute atomic E-state index is 0.743. The third kappa shape index (κ3) is 4.33. The summed E-state index contributed by atoms with van der Waals surface area (Å²) in [6, 6.07) is 8.13. The molecular formula is C15H19N2OS. The highest BCUT2D eigenvalue weighted by atomic mass is 32.1. The summed E-state index contributed by atoms with van der Waals surface area (Å²) in [4.78, 5) is 7.39. The first-order valence-corrected chi connectivity index (χ1v) is 7.20. The molecule has 4 heteroatoms. The van der Waals surface area contributed by atoms with Gasteiger partial charge in [0.1, 0.15) is 11.9 Å². The Hall–Kier alpha value is -1.39. The van der Waals surface area contributed by atoms with E-state index in [1.165, 1.54) is 0 Å². The molecule has 0 bridgehead atoms. The molecule has 19 heavy (non-hydrogen) atoms. The van der Waals surface area contributed by atoms with Crippen molar-refractivity contribution in [3.8, 4) is 16.2 Å². The van der Waals surface area contributed by atoms with Gasteiger partial charge < -0.3 is 9.64 Å². The molecule has 0 saturated carbocycles. The number of aromatic nitrogens is 1. The minimum atomic E-state index is 0.743. The standard InChI is InChI=1S/C15H19N2OS/c1-12-16-11-15(19-12)13-6-4-7-14(10-13)18-9-5-8-17(2)3/h4,6-7,10H,5,8-9H2,1-3H3. The van der Waals surface area contributed by atoms with Crippen LogP contribution < -0.4 is 4.74 Å². The number of aryl methyl sites for hydroxylation is 1. The van der Waals surface area contributed by atoms with Gasteiger partial charge in [-0.15, -0.1) is 11.3 Å². The monoisotopic (exact) mass is 275 g/mol. The van der Waals surface area contributed by atoms with E-state index >= 15 is 0 Å². The van der Waals surface area contributed by atoms with Gasteiger partial charge in [-0.05, 0) is 45.1 Å². The van der Waals surface area contributed by atoms with Gasteiger partial charge in [-0.25, -0.2) is 4.98 Å². The molecule has 0 spiro atoms. The van der Waals surface area contributed by atoms with Crippen LogP contribution in [0.5, 0.6) is 5.75 Å². The summed E-state index contributed by atoms with van der Waals surface area (Å²) in [5, 5.41) is 1.03. The summed E-state index contributed by atoms with van der Waals surface area (Å²) in [6.07, 6.45) is 4.07. The second-order valence-corrected chi connectivity index (χ2v) is 5.91. The topological polar surface area (TPSA) is 25.4 Å². The lowest BCUT2D eigenvalue weighted by Crippen LogP contribution is -2.15. The van der Waals surface area contributed by atoms with E-state index in [1.807, 2.05) is 19.1 Å². The van der Waals surface area contributed by atoms with Gasteiger partial charge >= 0.3 is 0 Å². The average Bonchev–Trinajstić information content (AvgIpc) is 2.82. The van der Waals surface area contributed by atoms with Gasteiger partial charge in [0.25, 0.3) is 0 Å². The molecule has 0 amide bonds. The van der Waals surface area contributed by atoms with E-state index < -0.39 is 0 Å². The van der Waals surface area contributed by atoms with Crippen LogP contribution in [0.1, 0.15) is 11.4 Å². The largest absolute Gasteiger partial charge is 0.494 e. The van der Waals surface area contributed by atoms with E-state index in [9.17, 15) is 0 Å². The normalized spacial score (nSPS) is 10.9. The number of nitrogens with zero attached hydrogens (tertiary/aromatic N) is 2. The molecule has 0 N–H and O–H groups in total. The molecule has 1 heterocycles. The van der Waals surface area contributed by atoms with Crippen LogP contribution in [0.25, 0.3) is 10.4 Å². The second kappa shape index (κ2) is 6.68. The first kappa shape index (κ1) is 14.0. The van der Waals surface area contributed by atoms with Gasteiger partial charge in [0, 0.05) is 6.54 Å². The van der Waals surface area contributed by atoms with Crippen molar-refractivity contribution in [2.24, 2.45) is 0 Å². The fourth-order valence-electron chi connectivity index (χ4n) is 1.74. The van der Waals surface area contributed by atoms with Crippen LogP contribution in [0.15, 0.2) is 24.3 Å². The molecule has 0 aliphatic heterocycles. The number of hydrogen-bond donors (Lipinski definition) is 0. The summed E-state index contributed by atoms with van der Waals surface area (Å²) >= 11 is 1.65. The molecule has 101 valence electrons. The summed E-state index contributed by atoms with van der Waals surface area (Å²) in [5.74, 6) is 0.913. The Labute approximate surface area is 118 Å². The van der Waals surface area contributed by atoms with Crippen molar-refractivity contribution in [3.63, 3.8) is 0 Å². The molecule has 1 radical (unpaired) electrons. The molecular weight excluding hydrogens is 256 g/mol. The van der Waals surface area contributed by atoms with Crippen molar-refractivity contribution < 1.29 is 4.74 Å². The number of hydrogen-bond acceptors (Lipinski definition) is 4. The SMILES string of the molecule is Cc1n[c]c(-c2cccc(OCCCN(C)C)c2)s1. The van der Waals surface area contributed by atoms with Gasteiger partial charge in [0.15, 0.2) is 0 Å². The van der Waals surface area contributed by atoms with E-state index in [-0.39, 0.29) is 0 Å². The highest BCUT2D eigenvalue weighted by molar-refractivity contribution is 7.15. The Morgan fingerprint density at radius 3 is 2.89 bits per heavy atom. The highest BCUT2D eigenvalue weighted by Crippen LogP contribution is 2.28. The minimum Gasteiger partial charge on any atom is -0.494 e. The zero-order valence-corrected chi connectivity index (χ0v) is 12.5. The lowest BCUT2D eigenvalue weighted by molar-refractivity contribution is 0.281. The maximum absolute atomic E-state index is 5.77. The maximum atomic E-state index is 5.77. The smallest absolute Gasteiger partial charge is 0.119 e. The summed E-state index contributed by atoms with van der Waals surface area (Å²) < 4.78 is 5.77. The molecule has 0 unspecified atom stereocenters. The number of thiazole rings is 1. The van der Waals surface area contributed by atoms with Crippen LogP contribution in [0, 0.1) is 13.1 Å². The number of benzene rings is 1. The summed E-state index contributed by atoms with van der Waals surface area (Å²) in [6.45, 7) is 3.78. The molecule has 0 saturated heterocycles. The first-order chi connectivity index (χ1) is 9.15. The van der Waals surface area contributed by atoms with Crippen molar-refractivity contribution in [1.82, 2.24) is 9.88 Å². The molecule has 0 aliphatic rings. The van der Waals surface area contributed by atoms with Crippen LogP contribution in [0.3, 0.4) is 0 Å². The molecule has 1 aromatic carbocycles.